The second kappa shape index (κ2) is 13.6. The summed E-state index contributed by atoms with van der Waals surface area (Å²) in [6, 6.07) is 11.1. The van der Waals surface area contributed by atoms with Crippen LogP contribution in [-0.4, -0.2) is 81.4 Å². The highest BCUT2D eigenvalue weighted by Gasteiger charge is 2.52. The summed E-state index contributed by atoms with van der Waals surface area (Å²) < 4.78 is 42.7. The van der Waals surface area contributed by atoms with Crippen molar-refractivity contribution in [2.45, 2.75) is 121 Å². The number of carbonyl (C=O) groups excluding carboxylic acids is 1. The van der Waals surface area contributed by atoms with Crippen LogP contribution in [0, 0.1) is 17.3 Å². The molecule has 7 rings (SSSR count). The molecular weight excluding hydrogens is 706 g/mol. The van der Waals surface area contributed by atoms with Gasteiger partial charge in [-0.05, 0) is 61.7 Å². The van der Waals surface area contributed by atoms with Gasteiger partial charge in [-0.1, -0.05) is 77.8 Å². The van der Waals surface area contributed by atoms with Crippen molar-refractivity contribution in [3.63, 3.8) is 0 Å². The maximum absolute atomic E-state index is 17.3. The lowest BCUT2D eigenvalue weighted by Gasteiger charge is -2.46. The number of halogens is 1. The Labute approximate surface area is 315 Å². The first kappa shape index (κ1) is 37.2. The monoisotopic (exact) mass is 755 g/mol. The number of benzene rings is 2. The Hall–Kier alpha value is -4.08. The molecule has 0 saturated carbocycles. The molecule has 0 spiro atoms. The highest BCUT2D eigenvalue weighted by Crippen LogP contribution is 2.46. The summed E-state index contributed by atoms with van der Waals surface area (Å²) in [5.74, 6) is 3.61. The van der Waals surface area contributed by atoms with Gasteiger partial charge in [0.05, 0.1) is 28.9 Å². The summed E-state index contributed by atoms with van der Waals surface area (Å²) >= 11 is 0. The zero-order valence-corrected chi connectivity index (χ0v) is 34.2. The minimum Gasteiger partial charge on any atom is -0.475 e. The number of carbonyl (C=O) groups is 1. The van der Waals surface area contributed by atoms with E-state index in [0.29, 0.717) is 39.9 Å². The number of nitrogens with zero attached hydrogens (tertiary/aromatic N) is 5. The fraction of sp³-hybridized carbons (Fsp3) is 0.512. The van der Waals surface area contributed by atoms with Gasteiger partial charge in [0.2, 0.25) is 11.0 Å². The van der Waals surface area contributed by atoms with E-state index in [4.69, 9.17) is 19.4 Å². The van der Waals surface area contributed by atoms with Gasteiger partial charge in [-0.15, -0.1) is 5.54 Å². The zero-order chi connectivity index (χ0) is 38.1. The topological polar surface area (TPSA) is 97.8 Å². The number of fused-ring (bicyclic) bond motifs is 6. The van der Waals surface area contributed by atoms with Gasteiger partial charge in [-0.25, -0.2) is 24.1 Å². The number of piperazine rings is 1. The van der Waals surface area contributed by atoms with Crippen molar-refractivity contribution in [1.82, 2.24) is 19.9 Å². The highest BCUT2D eigenvalue weighted by atomic mass is 32.2. The Bertz CT molecular complexity index is 2180. The minimum absolute atomic E-state index is 0.00850. The molecule has 2 aromatic heterocycles. The van der Waals surface area contributed by atoms with Crippen LogP contribution in [0.1, 0.15) is 80.7 Å². The SMILES string of the molecule is CC(C)[Si](C#Cc1cccc2cccc(-c3nc4c5c(nc(S(C)=O)nc5c3F)N3C[C@H]5CC[C@@H]([C@H]3CO4)N5C(=O)OC(C)(C)C)c12)(C(C)C)C(C)C. The Morgan fingerprint density at radius 1 is 0.981 bits per heavy atom. The van der Waals surface area contributed by atoms with E-state index in [2.05, 4.69) is 62.9 Å². The molecule has 280 valence electrons. The van der Waals surface area contributed by atoms with Gasteiger partial charge >= 0.3 is 6.09 Å². The van der Waals surface area contributed by atoms with Crippen LogP contribution in [0.4, 0.5) is 15.0 Å². The van der Waals surface area contributed by atoms with E-state index in [1.807, 2.05) is 62.1 Å². The Balaban J connectivity index is 1.41. The molecule has 2 saturated heterocycles. The lowest BCUT2D eigenvalue weighted by Crippen LogP contribution is -2.63. The van der Waals surface area contributed by atoms with Gasteiger partial charge in [-0.2, -0.15) is 0 Å². The van der Waals surface area contributed by atoms with Gasteiger partial charge in [0, 0.05) is 29.3 Å². The molecule has 12 heteroatoms. The smallest absolute Gasteiger partial charge is 0.410 e. The number of hydrogen-bond acceptors (Lipinski definition) is 8. The average Bonchev–Trinajstić information content (AvgIpc) is 3.32. The molecule has 4 aromatic rings. The lowest BCUT2D eigenvalue weighted by atomic mass is 9.96. The summed E-state index contributed by atoms with van der Waals surface area (Å²) in [6.07, 6.45) is 2.68. The number of amides is 1. The first-order valence-corrected chi connectivity index (χ1v) is 22.5. The average molecular weight is 756 g/mol. The van der Waals surface area contributed by atoms with Crippen molar-refractivity contribution >= 4 is 52.5 Å². The first-order valence-electron chi connectivity index (χ1n) is 18.7. The predicted octanol–water partition coefficient (Wildman–Crippen LogP) is 8.64. The molecule has 3 aliphatic rings. The van der Waals surface area contributed by atoms with Crippen molar-refractivity contribution < 1.29 is 22.9 Å². The number of hydrogen-bond donors (Lipinski definition) is 0. The van der Waals surface area contributed by atoms with Crippen LogP contribution in [-0.2, 0) is 15.5 Å². The Kier molecular flexibility index (Phi) is 9.59. The van der Waals surface area contributed by atoms with E-state index in [-0.39, 0.29) is 53.1 Å². The summed E-state index contributed by atoms with van der Waals surface area (Å²) in [5.41, 5.74) is 6.06. The van der Waals surface area contributed by atoms with Crippen molar-refractivity contribution in [1.29, 1.82) is 0 Å². The normalized spacial score (nSPS) is 20.4. The number of pyridine rings is 1. The number of anilines is 1. The fourth-order valence-corrected chi connectivity index (χ4v) is 14.9. The maximum atomic E-state index is 17.3. The Morgan fingerprint density at radius 2 is 1.66 bits per heavy atom. The van der Waals surface area contributed by atoms with Crippen LogP contribution in [0.15, 0.2) is 41.6 Å². The number of ether oxygens (including phenoxy) is 2. The Morgan fingerprint density at radius 3 is 2.30 bits per heavy atom. The largest absolute Gasteiger partial charge is 0.475 e. The summed E-state index contributed by atoms with van der Waals surface area (Å²) in [4.78, 5) is 31.7. The summed E-state index contributed by atoms with van der Waals surface area (Å²) in [5, 5.41) is 2.10. The molecule has 2 bridgehead atoms. The maximum Gasteiger partial charge on any atom is 0.410 e. The zero-order valence-electron chi connectivity index (χ0n) is 32.4. The van der Waals surface area contributed by atoms with Gasteiger partial charge < -0.3 is 14.4 Å². The van der Waals surface area contributed by atoms with E-state index in [9.17, 15) is 9.00 Å². The van der Waals surface area contributed by atoms with Crippen LogP contribution in [0.2, 0.25) is 16.6 Å². The first-order chi connectivity index (χ1) is 25.0. The van der Waals surface area contributed by atoms with Crippen LogP contribution in [0.25, 0.3) is 32.9 Å². The molecule has 2 fully saturated rings. The lowest BCUT2D eigenvalue weighted by molar-refractivity contribution is 0.00539. The predicted molar refractivity (Wildman–Crippen MR) is 212 cm³/mol. The molecule has 0 aliphatic carbocycles. The number of rotatable bonds is 5. The third-order valence-corrected chi connectivity index (χ3v) is 18.5. The van der Waals surface area contributed by atoms with Crippen LogP contribution < -0.4 is 9.64 Å². The molecule has 53 heavy (non-hydrogen) atoms. The van der Waals surface area contributed by atoms with Gasteiger partial charge in [-0.3, -0.25) is 9.11 Å². The molecule has 4 atom stereocenters. The molecule has 5 heterocycles. The fourth-order valence-electron chi connectivity index (χ4n) is 9.22. The third-order valence-electron chi connectivity index (χ3n) is 11.5. The van der Waals surface area contributed by atoms with Crippen molar-refractivity contribution in [3.05, 3.63) is 47.8 Å². The summed E-state index contributed by atoms with van der Waals surface area (Å²) in [6.45, 7) is 19.9. The number of aromatic nitrogens is 3. The highest BCUT2D eigenvalue weighted by molar-refractivity contribution is 7.84. The molecule has 0 N–H and O–H groups in total. The summed E-state index contributed by atoms with van der Waals surface area (Å²) in [7, 11) is -3.69. The van der Waals surface area contributed by atoms with Gasteiger partial charge in [0.15, 0.2) is 5.82 Å². The molecule has 1 amide bonds. The van der Waals surface area contributed by atoms with Crippen molar-refractivity contribution in [3.8, 4) is 28.6 Å². The second-order valence-corrected chi connectivity index (χ2v) is 23.5. The molecule has 1 unspecified atom stereocenters. The second-order valence-electron chi connectivity index (χ2n) is 16.7. The quantitative estimate of drug-likeness (QED) is 0.114. The van der Waals surface area contributed by atoms with Crippen molar-refractivity contribution in [2.75, 3.05) is 24.3 Å². The molecule has 2 aromatic carbocycles. The minimum atomic E-state index is -2.08. The third kappa shape index (κ3) is 6.27. The van der Waals surface area contributed by atoms with E-state index in [0.717, 1.165) is 29.2 Å². The standard InChI is InChI=1S/C41H50FN5O4SSi/c1-23(2)53(24(3)4,25(5)6)20-19-27-14-11-13-26-15-12-16-29(32(26)27)35-34(42)36-33-37(45-39(44-36)52(10)49)46-21-28-17-18-30(31(46)22-50-38(33)43-35)47(28)40(48)51-41(7,8)9/h11-16,23-25,28,30-31H,17-18,21-22H2,1-10H3/t28-,30+,31-,52?/m1/s1. The van der Waals surface area contributed by atoms with E-state index in [1.54, 1.807) is 0 Å². The molecular formula is C41H50FN5O4SSi. The van der Waals surface area contributed by atoms with Crippen LogP contribution in [0.5, 0.6) is 5.88 Å². The van der Waals surface area contributed by atoms with E-state index < -0.39 is 30.3 Å². The van der Waals surface area contributed by atoms with E-state index in [1.165, 1.54) is 6.26 Å². The van der Waals surface area contributed by atoms with Gasteiger partial charge in [0.1, 0.15) is 42.7 Å². The molecule has 9 nitrogen and oxygen atoms in total. The van der Waals surface area contributed by atoms with E-state index >= 15 is 4.39 Å². The van der Waals surface area contributed by atoms with Gasteiger partial charge in [0.25, 0.3) is 0 Å². The molecule has 3 aliphatic heterocycles. The van der Waals surface area contributed by atoms with Crippen molar-refractivity contribution in [2.24, 2.45) is 0 Å². The van der Waals surface area contributed by atoms with Crippen LogP contribution in [0.3, 0.4) is 0 Å². The molecule has 0 radical (unpaired) electrons. The van der Waals surface area contributed by atoms with Crippen LogP contribution >= 0.6 is 0 Å².